The van der Waals surface area contributed by atoms with E-state index in [2.05, 4.69) is 24.1 Å². The highest BCUT2D eigenvalue weighted by molar-refractivity contribution is 5.75. The maximum atomic E-state index is 13.4. The molecule has 2 rings (SSSR count). The third kappa shape index (κ3) is 5.76. The minimum absolute atomic E-state index is 0.0000962. The van der Waals surface area contributed by atoms with E-state index in [0.717, 1.165) is 19.8 Å². The van der Waals surface area contributed by atoms with Crippen LogP contribution in [-0.4, -0.2) is 55.8 Å². The molecule has 1 aliphatic rings. The van der Waals surface area contributed by atoms with Gasteiger partial charge < -0.3 is 14.8 Å². The number of halogens is 1. The number of morpholine rings is 1. The fourth-order valence-electron chi connectivity index (χ4n) is 2.84. The Hall–Kier alpha value is -1.66. The van der Waals surface area contributed by atoms with Crippen LogP contribution in [0.1, 0.15) is 26.7 Å². The molecule has 1 heterocycles. The maximum Gasteiger partial charge on any atom is 0.220 e. The van der Waals surface area contributed by atoms with Crippen LogP contribution >= 0.6 is 0 Å². The van der Waals surface area contributed by atoms with Crippen LogP contribution in [0.2, 0.25) is 0 Å². The van der Waals surface area contributed by atoms with Crippen LogP contribution < -0.4 is 10.1 Å². The molecule has 134 valence electrons. The van der Waals surface area contributed by atoms with E-state index in [1.807, 2.05) is 0 Å². The van der Waals surface area contributed by atoms with Gasteiger partial charge in [-0.2, -0.15) is 0 Å². The molecule has 2 atom stereocenters. The van der Waals surface area contributed by atoms with Gasteiger partial charge in [0.25, 0.3) is 0 Å². The Labute approximate surface area is 143 Å². The number of ether oxygens (including phenoxy) is 2. The molecule has 0 aliphatic carbocycles. The van der Waals surface area contributed by atoms with Gasteiger partial charge in [0.2, 0.25) is 5.91 Å². The molecule has 1 amide bonds. The monoisotopic (exact) mass is 338 g/mol. The molecular weight excluding hydrogens is 311 g/mol. The minimum atomic E-state index is -0.379. The number of hydrogen-bond acceptors (Lipinski definition) is 4. The first-order chi connectivity index (χ1) is 11.6. The lowest BCUT2D eigenvalue weighted by molar-refractivity contribution is -0.121. The molecule has 5 nitrogen and oxygen atoms in total. The average Bonchev–Trinajstić information content (AvgIpc) is 2.58. The molecule has 0 saturated carbocycles. The highest BCUT2D eigenvalue weighted by atomic mass is 19.1. The number of benzene rings is 1. The Kier molecular flexibility index (Phi) is 7.46. The quantitative estimate of drug-likeness (QED) is 0.739. The average molecular weight is 338 g/mol. The van der Waals surface area contributed by atoms with Crippen LogP contribution in [0.3, 0.4) is 0 Å². The van der Waals surface area contributed by atoms with Gasteiger partial charge in [-0.25, -0.2) is 4.39 Å². The largest absolute Gasteiger partial charge is 0.491 e. The molecule has 0 bridgehead atoms. The summed E-state index contributed by atoms with van der Waals surface area (Å²) >= 11 is 0. The van der Waals surface area contributed by atoms with E-state index in [4.69, 9.17) is 9.47 Å². The second kappa shape index (κ2) is 9.59. The van der Waals surface area contributed by atoms with Crippen LogP contribution in [-0.2, 0) is 9.53 Å². The molecule has 0 spiro atoms. The molecule has 0 unspecified atom stereocenters. The van der Waals surface area contributed by atoms with Crippen molar-refractivity contribution in [2.45, 2.75) is 38.8 Å². The summed E-state index contributed by atoms with van der Waals surface area (Å²) in [5.41, 5.74) is 0. The zero-order valence-corrected chi connectivity index (χ0v) is 14.5. The van der Waals surface area contributed by atoms with E-state index in [1.54, 1.807) is 18.2 Å². The number of carbonyl (C=O) groups excluding carboxylic acids is 1. The Morgan fingerprint density at radius 2 is 2.29 bits per heavy atom. The zero-order chi connectivity index (χ0) is 17.4. The van der Waals surface area contributed by atoms with E-state index in [-0.39, 0.29) is 23.5 Å². The van der Waals surface area contributed by atoms with Crippen molar-refractivity contribution < 1.29 is 18.7 Å². The van der Waals surface area contributed by atoms with E-state index in [9.17, 15) is 9.18 Å². The maximum absolute atomic E-state index is 13.4. The molecule has 1 fully saturated rings. The van der Waals surface area contributed by atoms with Gasteiger partial charge in [0.05, 0.1) is 19.8 Å². The van der Waals surface area contributed by atoms with Crippen LogP contribution in [0.5, 0.6) is 5.75 Å². The Bertz CT molecular complexity index is 527. The van der Waals surface area contributed by atoms with Gasteiger partial charge >= 0.3 is 0 Å². The van der Waals surface area contributed by atoms with Crippen molar-refractivity contribution in [1.82, 2.24) is 10.2 Å². The first-order valence-electron chi connectivity index (χ1n) is 8.55. The van der Waals surface area contributed by atoms with Gasteiger partial charge in [0.15, 0.2) is 11.6 Å². The minimum Gasteiger partial charge on any atom is -0.491 e. The van der Waals surface area contributed by atoms with Gasteiger partial charge in [-0.3, -0.25) is 9.69 Å². The predicted molar refractivity (Wildman–Crippen MR) is 90.6 cm³/mol. The van der Waals surface area contributed by atoms with Crippen LogP contribution in [0, 0.1) is 5.82 Å². The Balaban J connectivity index is 1.60. The zero-order valence-electron chi connectivity index (χ0n) is 14.5. The summed E-state index contributed by atoms with van der Waals surface area (Å²) in [6, 6.07) is 6.93. The Morgan fingerprint density at radius 1 is 1.50 bits per heavy atom. The summed E-state index contributed by atoms with van der Waals surface area (Å²) in [6.07, 6.45) is 0.933. The van der Waals surface area contributed by atoms with Crippen molar-refractivity contribution >= 4 is 5.91 Å². The van der Waals surface area contributed by atoms with Crippen LogP contribution in [0.15, 0.2) is 24.3 Å². The second-order valence-electron chi connectivity index (χ2n) is 6.20. The van der Waals surface area contributed by atoms with Crippen LogP contribution in [0.4, 0.5) is 4.39 Å². The van der Waals surface area contributed by atoms with Gasteiger partial charge in [-0.15, -0.1) is 0 Å². The third-order valence-corrected chi connectivity index (χ3v) is 4.22. The van der Waals surface area contributed by atoms with E-state index < -0.39 is 0 Å². The van der Waals surface area contributed by atoms with Crippen LogP contribution in [0.25, 0.3) is 0 Å². The lowest BCUT2D eigenvalue weighted by Gasteiger charge is -2.37. The van der Waals surface area contributed by atoms with Crippen molar-refractivity contribution in [3.05, 3.63) is 30.1 Å². The van der Waals surface area contributed by atoms with Gasteiger partial charge in [-0.1, -0.05) is 12.1 Å². The lowest BCUT2D eigenvalue weighted by atomic mass is 10.2. The lowest BCUT2D eigenvalue weighted by Crippen LogP contribution is -2.51. The van der Waals surface area contributed by atoms with Crippen molar-refractivity contribution in [3.63, 3.8) is 0 Å². The molecule has 1 N–H and O–H groups in total. The summed E-state index contributed by atoms with van der Waals surface area (Å²) in [7, 11) is 0. The molecular formula is C18H27FN2O3. The molecule has 1 saturated heterocycles. The SMILES string of the molecule is C[C@H](CNC(=O)CCCOc1ccccc1F)N1CCOC[C@H]1C. The van der Waals surface area contributed by atoms with Gasteiger partial charge in [0.1, 0.15) is 0 Å². The fraction of sp³-hybridized carbons (Fsp3) is 0.611. The first-order valence-corrected chi connectivity index (χ1v) is 8.55. The van der Waals surface area contributed by atoms with E-state index in [0.29, 0.717) is 32.0 Å². The van der Waals surface area contributed by atoms with E-state index in [1.165, 1.54) is 6.07 Å². The number of carbonyl (C=O) groups is 1. The summed E-state index contributed by atoms with van der Waals surface area (Å²) in [5.74, 6) is -0.150. The van der Waals surface area contributed by atoms with Gasteiger partial charge in [0, 0.05) is 31.6 Å². The fourth-order valence-corrected chi connectivity index (χ4v) is 2.84. The number of nitrogens with zero attached hydrogens (tertiary/aromatic N) is 1. The number of hydrogen-bond donors (Lipinski definition) is 1. The Morgan fingerprint density at radius 3 is 3.04 bits per heavy atom. The van der Waals surface area contributed by atoms with E-state index >= 15 is 0 Å². The topological polar surface area (TPSA) is 50.8 Å². The highest BCUT2D eigenvalue weighted by Crippen LogP contribution is 2.15. The number of para-hydroxylation sites is 1. The van der Waals surface area contributed by atoms with Crippen molar-refractivity contribution in [1.29, 1.82) is 0 Å². The summed E-state index contributed by atoms with van der Waals surface area (Å²) in [6.45, 7) is 7.58. The molecule has 0 radical (unpaired) electrons. The van der Waals surface area contributed by atoms with Gasteiger partial charge in [-0.05, 0) is 32.4 Å². The number of amides is 1. The molecule has 1 aromatic carbocycles. The number of nitrogens with one attached hydrogen (secondary N) is 1. The van der Waals surface area contributed by atoms with Crippen molar-refractivity contribution in [3.8, 4) is 5.75 Å². The first kappa shape index (κ1) is 18.7. The standard InChI is InChI=1S/C18H27FN2O3/c1-14(21-9-11-23-13-15(21)2)12-20-18(22)8-5-10-24-17-7-4-3-6-16(17)19/h3-4,6-7,14-15H,5,8-13H2,1-2H3,(H,20,22)/t14-,15-/m1/s1. The molecule has 6 heteroatoms. The highest BCUT2D eigenvalue weighted by Gasteiger charge is 2.23. The summed E-state index contributed by atoms with van der Waals surface area (Å²) < 4.78 is 24.1. The molecule has 1 aliphatic heterocycles. The smallest absolute Gasteiger partial charge is 0.220 e. The number of rotatable bonds is 8. The predicted octanol–water partition coefficient (Wildman–Crippen LogP) is 2.21. The second-order valence-corrected chi connectivity index (χ2v) is 6.20. The van der Waals surface area contributed by atoms with Crippen molar-refractivity contribution in [2.24, 2.45) is 0 Å². The summed E-state index contributed by atoms with van der Waals surface area (Å²) in [5, 5.41) is 2.96. The van der Waals surface area contributed by atoms with Crippen molar-refractivity contribution in [2.75, 3.05) is 32.9 Å². The third-order valence-electron chi connectivity index (χ3n) is 4.22. The normalized spacial score (nSPS) is 19.7. The molecule has 24 heavy (non-hydrogen) atoms. The summed E-state index contributed by atoms with van der Waals surface area (Å²) in [4.78, 5) is 14.3. The molecule has 1 aromatic rings. The molecule has 0 aromatic heterocycles.